The van der Waals surface area contributed by atoms with Gasteiger partial charge in [0.15, 0.2) is 5.71 Å². The number of rotatable bonds is 2. The van der Waals surface area contributed by atoms with Crippen LogP contribution >= 0.6 is 11.6 Å². The largest absolute Gasteiger partial charge is 0.246 e. The van der Waals surface area contributed by atoms with Crippen LogP contribution in [-0.4, -0.2) is 16.7 Å². The summed E-state index contributed by atoms with van der Waals surface area (Å²) < 4.78 is 0. The average molecular weight is 224 g/mol. The topological polar surface area (TPSA) is 26.9 Å². The number of nitrogens with zero attached hydrogens (tertiary/aromatic N) is 1. The number of hydrogen-bond donors (Lipinski definition) is 1. The minimum absolute atomic E-state index is 0.509. The van der Waals surface area contributed by atoms with Crippen LogP contribution in [0.25, 0.3) is 0 Å². The number of nitrogens with one attached hydrogen (secondary N) is 1. The summed E-state index contributed by atoms with van der Waals surface area (Å²) in [7, 11) is 0. The first-order valence-electron chi connectivity index (χ1n) is 5.44. The van der Waals surface area contributed by atoms with Gasteiger partial charge in [-0.2, -0.15) is 0 Å². The maximum absolute atomic E-state index is 5.78. The van der Waals surface area contributed by atoms with E-state index in [9.17, 15) is 0 Å². The van der Waals surface area contributed by atoms with E-state index < -0.39 is 0 Å². The zero-order chi connectivity index (χ0) is 10.8. The van der Waals surface area contributed by atoms with E-state index in [1.807, 2.05) is 12.3 Å². The van der Waals surface area contributed by atoms with Gasteiger partial charge in [0.05, 0.1) is 5.92 Å². The Morgan fingerprint density at radius 3 is 2.93 bits per heavy atom. The van der Waals surface area contributed by atoms with Crippen LogP contribution in [0.2, 0.25) is 5.15 Å². The van der Waals surface area contributed by atoms with Crippen LogP contribution in [0.5, 0.6) is 0 Å². The van der Waals surface area contributed by atoms with Crippen molar-refractivity contribution in [2.75, 3.05) is 0 Å². The lowest BCUT2D eigenvalue weighted by atomic mass is 9.92. The van der Waals surface area contributed by atoms with Gasteiger partial charge >= 0.3 is 0 Å². The molecule has 0 saturated heterocycles. The molecule has 15 heavy (non-hydrogen) atoms. The Bertz CT molecular complexity index is 370. The van der Waals surface area contributed by atoms with Crippen molar-refractivity contribution < 1.29 is 4.99 Å². The first-order chi connectivity index (χ1) is 7.20. The molecule has 3 heteroatoms. The molecule has 1 aromatic heterocycles. The summed E-state index contributed by atoms with van der Waals surface area (Å²) in [4.78, 5) is 7.66. The van der Waals surface area contributed by atoms with Crippen LogP contribution in [0.1, 0.15) is 38.2 Å². The van der Waals surface area contributed by atoms with Crippen molar-refractivity contribution in [1.29, 1.82) is 0 Å². The van der Waals surface area contributed by atoms with Gasteiger partial charge in [-0.15, -0.1) is 0 Å². The van der Waals surface area contributed by atoms with E-state index in [1.165, 1.54) is 11.3 Å². The molecule has 1 aromatic rings. The minimum atomic E-state index is 0.509. The second-order valence-electron chi connectivity index (χ2n) is 4.13. The smallest absolute Gasteiger partial charge is 0.158 e. The highest BCUT2D eigenvalue weighted by molar-refractivity contribution is 6.29. The third kappa shape index (κ3) is 2.20. The van der Waals surface area contributed by atoms with E-state index in [0.717, 1.165) is 12.8 Å². The van der Waals surface area contributed by atoms with Gasteiger partial charge in [-0.25, -0.2) is 9.98 Å². The summed E-state index contributed by atoms with van der Waals surface area (Å²) in [5, 5.41) is 0.566. The summed E-state index contributed by atoms with van der Waals surface area (Å²) in [6.07, 6.45) is 4.13. The molecule has 2 atom stereocenters. The highest BCUT2D eigenvalue weighted by Gasteiger charge is 2.31. The van der Waals surface area contributed by atoms with Crippen LogP contribution in [0, 0.1) is 0 Å². The molecule has 2 heterocycles. The molecule has 0 radical (unpaired) electrons. The molecule has 1 N–H and O–H groups in total. The van der Waals surface area contributed by atoms with Gasteiger partial charge in [-0.3, -0.25) is 0 Å². The molecule has 0 aliphatic carbocycles. The Hall–Kier alpha value is -0.890. The standard InChI is InChI=1S/C12H15ClN2/c1-3-11-10(6-8(2)15-11)9-4-5-12(13)14-7-9/h4-5,7-8,10H,3,6H2,1-2H3/p+1/t8-,10-/m1/s1. The fourth-order valence-electron chi connectivity index (χ4n) is 2.25. The Labute approximate surface area is 95.4 Å². The van der Waals surface area contributed by atoms with Crippen molar-refractivity contribution >= 4 is 17.3 Å². The van der Waals surface area contributed by atoms with Gasteiger partial charge < -0.3 is 0 Å². The Balaban J connectivity index is 2.25. The Morgan fingerprint density at radius 2 is 2.33 bits per heavy atom. The molecule has 0 aromatic carbocycles. The molecular formula is C12H16ClN2+. The van der Waals surface area contributed by atoms with Crippen molar-refractivity contribution in [3.8, 4) is 0 Å². The summed E-state index contributed by atoms with van der Waals surface area (Å²) in [5.74, 6) is 0.509. The number of aromatic nitrogens is 1. The molecule has 1 aliphatic heterocycles. The van der Waals surface area contributed by atoms with Gasteiger partial charge in [-0.05, 0) is 18.6 Å². The Morgan fingerprint density at radius 1 is 1.53 bits per heavy atom. The molecule has 2 rings (SSSR count). The van der Waals surface area contributed by atoms with Crippen LogP contribution in [0.15, 0.2) is 18.3 Å². The summed E-state index contributed by atoms with van der Waals surface area (Å²) in [6.45, 7) is 4.41. The van der Waals surface area contributed by atoms with Gasteiger partial charge in [0.25, 0.3) is 0 Å². The van der Waals surface area contributed by atoms with Crippen LogP contribution in [0.4, 0.5) is 0 Å². The molecule has 80 valence electrons. The fraction of sp³-hybridized carbons (Fsp3) is 0.500. The van der Waals surface area contributed by atoms with E-state index in [4.69, 9.17) is 11.6 Å². The van der Waals surface area contributed by atoms with Crippen molar-refractivity contribution in [3.05, 3.63) is 29.0 Å². The second kappa shape index (κ2) is 4.31. The predicted octanol–water partition coefficient (Wildman–Crippen LogP) is 1.54. The monoisotopic (exact) mass is 223 g/mol. The zero-order valence-electron chi connectivity index (χ0n) is 9.13. The lowest BCUT2D eigenvalue weighted by Crippen LogP contribution is -2.75. The van der Waals surface area contributed by atoms with E-state index in [-0.39, 0.29) is 0 Å². The molecule has 2 nitrogen and oxygen atoms in total. The van der Waals surface area contributed by atoms with Crippen molar-refractivity contribution in [2.45, 2.75) is 38.6 Å². The summed E-state index contributed by atoms with van der Waals surface area (Å²) >= 11 is 5.78. The molecule has 1 aliphatic rings. The number of hydrogen-bond acceptors (Lipinski definition) is 1. The second-order valence-corrected chi connectivity index (χ2v) is 4.51. The van der Waals surface area contributed by atoms with Gasteiger partial charge in [0.2, 0.25) is 0 Å². The van der Waals surface area contributed by atoms with Crippen LogP contribution < -0.4 is 4.99 Å². The SMILES string of the molecule is CCC1=[NH+][C@H](C)C[C@@H]1c1ccc(Cl)nc1. The van der Waals surface area contributed by atoms with Crippen molar-refractivity contribution in [2.24, 2.45) is 0 Å². The fourth-order valence-corrected chi connectivity index (χ4v) is 2.36. The highest BCUT2D eigenvalue weighted by Crippen LogP contribution is 2.24. The third-order valence-electron chi connectivity index (χ3n) is 2.98. The normalized spacial score (nSPS) is 25.4. The number of pyridine rings is 1. The van der Waals surface area contributed by atoms with E-state index >= 15 is 0 Å². The minimum Gasteiger partial charge on any atom is -0.246 e. The summed E-state index contributed by atoms with van der Waals surface area (Å²) in [5.41, 5.74) is 2.69. The highest BCUT2D eigenvalue weighted by atomic mass is 35.5. The van der Waals surface area contributed by atoms with Crippen LogP contribution in [0.3, 0.4) is 0 Å². The average Bonchev–Trinajstić information content (AvgIpc) is 2.61. The third-order valence-corrected chi connectivity index (χ3v) is 3.20. The molecule has 0 saturated carbocycles. The predicted molar refractivity (Wildman–Crippen MR) is 62.3 cm³/mol. The van der Waals surface area contributed by atoms with E-state index in [0.29, 0.717) is 17.1 Å². The van der Waals surface area contributed by atoms with E-state index in [2.05, 4.69) is 29.9 Å². The molecule has 0 bridgehead atoms. The Kier molecular flexibility index (Phi) is 3.06. The van der Waals surface area contributed by atoms with Crippen molar-refractivity contribution in [1.82, 2.24) is 4.98 Å². The van der Waals surface area contributed by atoms with Crippen molar-refractivity contribution in [3.63, 3.8) is 0 Å². The molecule has 0 unspecified atom stereocenters. The maximum atomic E-state index is 5.78. The van der Waals surface area contributed by atoms with Crippen LogP contribution in [-0.2, 0) is 0 Å². The first kappa shape index (κ1) is 10.6. The summed E-state index contributed by atoms with van der Waals surface area (Å²) in [6, 6.07) is 4.52. The van der Waals surface area contributed by atoms with Gasteiger partial charge in [0, 0.05) is 19.0 Å². The van der Waals surface area contributed by atoms with E-state index in [1.54, 1.807) is 0 Å². The molecule has 0 amide bonds. The number of halogens is 1. The first-order valence-corrected chi connectivity index (χ1v) is 5.82. The lowest BCUT2D eigenvalue weighted by molar-refractivity contribution is -0.489. The molecule has 0 fully saturated rings. The van der Waals surface area contributed by atoms with Gasteiger partial charge in [-0.1, -0.05) is 24.6 Å². The zero-order valence-corrected chi connectivity index (χ0v) is 9.88. The quantitative estimate of drug-likeness (QED) is 0.757. The lowest BCUT2D eigenvalue weighted by Gasteiger charge is -2.07. The molecule has 0 spiro atoms. The van der Waals surface area contributed by atoms with Gasteiger partial charge in [0.1, 0.15) is 11.2 Å². The maximum Gasteiger partial charge on any atom is 0.158 e. The molecular weight excluding hydrogens is 208 g/mol.